The molecule has 0 spiro atoms. The summed E-state index contributed by atoms with van der Waals surface area (Å²) in [6, 6.07) is 29.5. The molecule has 0 fully saturated rings. The summed E-state index contributed by atoms with van der Waals surface area (Å²) in [4.78, 5) is 13.3. The average molecular weight is 449 g/mol. The summed E-state index contributed by atoms with van der Waals surface area (Å²) >= 11 is 0. The van der Waals surface area contributed by atoms with Crippen LogP contribution in [0.15, 0.2) is 114 Å². The fourth-order valence-electron chi connectivity index (χ4n) is 4.47. The van der Waals surface area contributed by atoms with Gasteiger partial charge in [-0.3, -0.25) is 4.79 Å². The number of aryl methyl sites for hydroxylation is 3. The quantitative estimate of drug-likeness (QED) is 0.321. The van der Waals surface area contributed by atoms with Gasteiger partial charge in [-0.1, -0.05) is 116 Å². The molecule has 0 heterocycles. The van der Waals surface area contributed by atoms with Crippen LogP contribution in [0, 0.1) is 6.92 Å². The van der Waals surface area contributed by atoms with Crippen molar-refractivity contribution in [2.24, 2.45) is 0 Å². The van der Waals surface area contributed by atoms with Gasteiger partial charge in [0.2, 0.25) is 0 Å². The van der Waals surface area contributed by atoms with Gasteiger partial charge in [-0.15, -0.1) is 0 Å². The van der Waals surface area contributed by atoms with Crippen LogP contribution >= 0.6 is 0 Å². The number of benzene rings is 3. The normalized spacial score (nSPS) is 13.1. The fraction of sp³-hybridized carbons (Fsp3) is 0.242. The third kappa shape index (κ3) is 7.02. The van der Waals surface area contributed by atoms with Crippen LogP contribution in [0.3, 0.4) is 0 Å². The minimum atomic E-state index is 0. The first-order chi connectivity index (χ1) is 16.2. The van der Waals surface area contributed by atoms with Crippen LogP contribution < -0.4 is 0 Å². The monoisotopic (exact) mass is 448 g/mol. The molecule has 0 aromatic heterocycles. The Morgan fingerprint density at radius 2 is 1.47 bits per heavy atom. The number of carbonyl (C=O) groups is 1. The highest BCUT2D eigenvalue weighted by Gasteiger charge is 2.17. The van der Waals surface area contributed by atoms with E-state index in [1.807, 2.05) is 24.3 Å². The molecule has 1 nitrogen and oxygen atoms in total. The van der Waals surface area contributed by atoms with Crippen molar-refractivity contribution in [3.63, 3.8) is 0 Å². The van der Waals surface area contributed by atoms with Crippen molar-refractivity contribution in [3.8, 4) is 0 Å². The molecule has 3 aromatic carbocycles. The number of allylic oxidation sites excluding steroid dienone is 6. The number of Topliss-reactive ketones (excluding diaryl/α,β-unsaturated/α-hetero) is 1. The molecule has 1 heteroatoms. The van der Waals surface area contributed by atoms with E-state index in [4.69, 9.17) is 0 Å². The van der Waals surface area contributed by atoms with Crippen LogP contribution in [0.5, 0.6) is 0 Å². The summed E-state index contributed by atoms with van der Waals surface area (Å²) in [6.07, 6.45) is 11.7. The summed E-state index contributed by atoms with van der Waals surface area (Å²) in [7, 11) is 0. The zero-order chi connectivity index (χ0) is 22.9. The minimum absolute atomic E-state index is 0. The standard InChI is InChI=1S/C32H32O.CH4/c1-25-10-8-13-27(24-25)14-9-17-30-20-19-29(28-15-6-3-7-16-28)21-22-31(30)32(33)23-18-26-11-4-2-5-12-26;/h2-8,10-13,15-16,20-22,24H,9,14,17-19,23H2,1H3;1H4. The van der Waals surface area contributed by atoms with Crippen molar-refractivity contribution in [2.75, 3.05) is 0 Å². The maximum atomic E-state index is 13.3. The Morgan fingerprint density at radius 1 is 0.765 bits per heavy atom. The van der Waals surface area contributed by atoms with Gasteiger partial charge in [-0.25, -0.2) is 0 Å². The van der Waals surface area contributed by atoms with Crippen LogP contribution in [0.1, 0.15) is 55.4 Å². The zero-order valence-electron chi connectivity index (χ0n) is 19.5. The number of rotatable bonds is 9. The first-order valence-corrected chi connectivity index (χ1v) is 12.0. The molecule has 4 rings (SSSR count). The summed E-state index contributed by atoms with van der Waals surface area (Å²) in [6.45, 7) is 2.14. The van der Waals surface area contributed by atoms with Crippen LogP contribution in [-0.2, 0) is 17.6 Å². The van der Waals surface area contributed by atoms with E-state index in [2.05, 4.69) is 85.8 Å². The zero-order valence-corrected chi connectivity index (χ0v) is 19.5. The Balaban J connectivity index is 0.00000324. The molecule has 3 aromatic rings. The second-order valence-corrected chi connectivity index (χ2v) is 8.82. The topological polar surface area (TPSA) is 17.1 Å². The highest BCUT2D eigenvalue weighted by molar-refractivity contribution is 6.00. The van der Waals surface area contributed by atoms with Crippen molar-refractivity contribution in [1.82, 2.24) is 0 Å². The Labute approximate surface area is 205 Å². The molecule has 1 aliphatic carbocycles. The van der Waals surface area contributed by atoms with Crippen LogP contribution in [0.2, 0.25) is 0 Å². The Hall–Kier alpha value is -3.45. The lowest BCUT2D eigenvalue weighted by atomic mass is 9.92. The predicted molar refractivity (Wildman–Crippen MR) is 146 cm³/mol. The second kappa shape index (κ2) is 12.7. The van der Waals surface area contributed by atoms with Gasteiger partial charge in [0, 0.05) is 12.0 Å². The van der Waals surface area contributed by atoms with E-state index in [0.717, 1.165) is 37.7 Å². The molecule has 0 saturated heterocycles. The van der Waals surface area contributed by atoms with Gasteiger partial charge >= 0.3 is 0 Å². The van der Waals surface area contributed by atoms with Gasteiger partial charge in [0.1, 0.15) is 0 Å². The van der Waals surface area contributed by atoms with Crippen molar-refractivity contribution in [2.45, 2.75) is 52.9 Å². The Bertz CT molecular complexity index is 1160. The van der Waals surface area contributed by atoms with Crippen LogP contribution in [0.25, 0.3) is 5.57 Å². The molecule has 0 atom stereocenters. The van der Waals surface area contributed by atoms with Gasteiger partial charge in [0.25, 0.3) is 0 Å². The van der Waals surface area contributed by atoms with Crippen molar-refractivity contribution >= 4 is 11.4 Å². The number of hydrogen-bond donors (Lipinski definition) is 0. The summed E-state index contributed by atoms with van der Waals surface area (Å²) in [5.74, 6) is 0.242. The number of carbonyl (C=O) groups excluding carboxylic acids is 1. The molecule has 0 aliphatic heterocycles. The van der Waals surface area contributed by atoms with Crippen LogP contribution in [-0.4, -0.2) is 5.78 Å². The van der Waals surface area contributed by atoms with E-state index < -0.39 is 0 Å². The Morgan fingerprint density at radius 3 is 2.21 bits per heavy atom. The first kappa shape index (κ1) is 25.2. The molecule has 0 unspecified atom stereocenters. The second-order valence-electron chi connectivity index (χ2n) is 8.82. The number of ketones is 1. The third-order valence-corrected chi connectivity index (χ3v) is 6.29. The predicted octanol–water partition coefficient (Wildman–Crippen LogP) is 8.50. The molecular formula is C33H36O. The lowest BCUT2D eigenvalue weighted by molar-refractivity contribution is -0.115. The highest BCUT2D eigenvalue weighted by atomic mass is 16.1. The van der Waals surface area contributed by atoms with Crippen molar-refractivity contribution in [1.29, 1.82) is 0 Å². The van der Waals surface area contributed by atoms with E-state index in [1.54, 1.807) is 0 Å². The Kier molecular flexibility index (Phi) is 9.40. The lowest BCUT2D eigenvalue weighted by Crippen LogP contribution is -2.07. The largest absolute Gasteiger partial charge is 0.294 e. The van der Waals surface area contributed by atoms with E-state index in [-0.39, 0.29) is 13.2 Å². The van der Waals surface area contributed by atoms with E-state index in [9.17, 15) is 4.79 Å². The SMILES string of the molecule is C.Cc1cccc(CCCC2=CCC(c3ccccc3)=CC=C2C(=O)CCc2ccccc2)c1. The molecule has 0 N–H and O–H groups in total. The minimum Gasteiger partial charge on any atom is -0.294 e. The first-order valence-electron chi connectivity index (χ1n) is 12.0. The summed E-state index contributed by atoms with van der Waals surface area (Å²) in [5.41, 5.74) is 8.46. The molecule has 34 heavy (non-hydrogen) atoms. The molecule has 0 bridgehead atoms. The van der Waals surface area contributed by atoms with E-state index in [1.165, 1.54) is 33.4 Å². The van der Waals surface area contributed by atoms with Gasteiger partial charge in [-0.2, -0.15) is 0 Å². The van der Waals surface area contributed by atoms with Crippen molar-refractivity contribution in [3.05, 3.63) is 137 Å². The third-order valence-electron chi connectivity index (χ3n) is 6.29. The average Bonchev–Trinajstić information content (AvgIpc) is 3.07. The molecular weight excluding hydrogens is 412 g/mol. The highest BCUT2D eigenvalue weighted by Crippen LogP contribution is 2.29. The maximum absolute atomic E-state index is 13.3. The lowest BCUT2D eigenvalue weighted by Gasteiger charge is -2.12. The smallest absolute Gasteiger partial charge is 0.163 e. The van der Waals surface area contributed by atoms with Gasteiger partial charge < -0.3 is 0 Å². The molecule has 0 saturated carbocycles. The van der Waals surface area contributed by atoms with E-state index >= 15 is 0 Å². The van der Waals surface area contributed by atoms with Gasteiger partial charge in [0.05, 0.1) is 0 Å². The van der Waals surface area contributed by atoms with Gasteiger partial charge in [-0.05, 0) is 66.9 Å². The van der Waals surface area contributed by atoms with Crippen LogP contribution in [0.4, 0.5) is 0 Å². The van der Waals surface area contributed by atoms with Gasteiger partial charge in [0.15, 0.2) is 5.78 Å². The van der Waals surface area contributed by atoms with E-state index in [0.29, 0.717) is 6.42 Å². The molecule has 174 valence electrons. The maximum Gasteiger partial charge on any atom is 0.163 e. The molecule has 1 aliphatic rings. The molecule has 0 radical (unpaired) electrons. The summed E-state index contributed by atoms with van der Waals surface area (Å²) < 4.78 is 0. The fourth-order valence-corrected chi connectivity index (χ4v) is 4.47. The summed E-state index contributed by atoms with van der Waals surface area (Å²) in [5, 5.41) is 0. The molecule has 0 amide bonds. The van der Waals surface area contributed by atoms with Crippen molar-refractivity contribution < 1.29 is 4.79 Å². The number of hydrogen-bond acceptors (Lipinski definition) is 1.